The van der Waals surface area contributed by atoms with Crippen LogP contribution in [0, 0.1) is 6.92 Å². The molecule has 1 aromatic heterocycles. The first-order chi connectivity index (χ1) is 11.2. The van der Waals surface area contributed by atoms with Gasteiger partial charge in [0.25, 0.3) is 0 Å². The molecule has 0 spiro atoms. The summed E-state index contributed by atoms with van der Waals surface area (Å²) in [4.78, 5) is 16.3. The average molecular weight is 308 g/mol. The second kappa shape index (κ2) is 6.57. The summed E-state index contributed by atoms with van der Waals surface area (Å²) in [5.41, 5.74) is 4.09. The van der Waals surface area contributed by atoms with Crippen molar-refractivity contribution in [1.29, 1.82) is 0 Å². The molecule has 0 saturated carbocycles. The first-order valence-electron chi connectivity index (χ1n) is 7.78. The van der Waals surface area contributed by atoms with Gasteiger partial charge in [-0.3, -0.25) is 4.90 Å². The molecule has 0 fully saturated rings. The van der Waals surface area contributed by atoms with Gasteiger partial charge in [0.1, 0.15) is 0 Å². The van der Waals surface area contributed by atoms with Crippen LogP contribution in [0.3, 0.4) is 0 Å². The number of para-hydroxylation sites is 2. The Kier molecular flexibility index (Phi) is 4.33. The van der Waals surface area contributed by atoms with E-state index in [1.165, 1.54) is 15.8 Å². The second-order valence-electron chi connectivity index (χ2n) is 5.68. The third-order valence-electron chi connectivity index (χ3n) is 4.14. The van der Waals surface area contributed by atoms with E-state index < -0.39 is 6.09 Å². The molecule has 3 rings (SSSR count). The van der Waals surface area contributed by atoms with Gasteiger partial charge in [0.05, 0.1) is 0 Å². The number of fused-ring (bicyclic) bond motifs is 1. The highest BCUT2D eigenvalue weighted by Gasteiger charge is 2.15. The molecule has 3 aromatic rings. The van der Waals surface area contributed by atoms with Gasteiger partial charge in [-0.15, -0.1) is 0 Å². The Morgan fingerprint density at radius 2 is 1.87 bits per heavy atom. The van der Waals surface area contributed by atoms with Gasteiger partial charge in [-0.2, -0.15) is 0 Å². The lowest BCUT2D eigenvalue weighted by atomic mass is 10.1. The zero-order valence-electron chi connectivity index (χ0n) is 13.1. The second-order valence-corrected chi connectivity index (χ2v) is 5.68. The quantitative estimate of drug-likeness (QED) is 0.724. The van der Waals surface area contributed by atoms with Crippen LogP contribution >= 0.6 is 0 Å². The fraction of sp³-hybridized carbons (Fsp3) is 0.211. The molecule has 4 nitrogen and oxygen atoms in total. The van der Waals surface area contributed by atoms with E-state index >= 15 is 0 Å². The molecule has 118 valence electrons. The molecule has 1 heterocycles. The van der Waals surface area contributed by atoms with E-state index in [9.17, 15) is 9.90 Å². The van der Waals surface area contributed by atoms with Crippen molar-refractivity contribution in [3.63, 3.8) is 0 Å². The summed E-state index contributed by atoms with van der Waals surface area (Å²) in [7, 11) is 0. The Morgan fingerprint density at radius 3 is 2.65 bits per heavy atom. The summed E-state index contributed by atoms with van der Waals surface area (Å²) in [6.07, 6.45) is 2.74. The number of anilines is 1. The monoisotopic (exact) mass is 308 g/mol. The van der Waals surface area contributed by atoms with Crippen LogP contribution < -0.4 is 4.90 Å². The molecule has 0 radical (unpaired) electrons. The van der Waals surface area contributed by atoms with Crippen LogP contribution in [-0.2, 0) is 6.42 Å². The maximum atomic E-state index is 11.6. The van der Waals surface area contributed by atoms with Crippen LogP contribution in [0.4, 0.5) is 10.5 Å². The number of hydrogen-bond acceptors (Lipinski definition) is 1. The molecule has 0 aliphatic carbocycles. The van der Waals surface area contributed by atoms with Gasteiger partial charge >= 0.3 is 6.09 Å². The van der Waals surface area contributed by atoms with E-state index in [4.69, 9.17) is 0 Å². The maximum Gasteiger partial charge on any atom is 0.411 e. The first kappa shape index (κ1) is 15.2. The Hall–Kier alpha value is -2.75. The van der Waals surface area contributed by atoms with Gasteiger partial charge in [0, 0.05) is 29.3 Å². The number of aryl methyl sites for hydroxylation is 2. The Balaban J connectivity index is 1.71. The SMILES string of the molecule is Cc1ccccc1N(CCCc1c[nH]c2ccccc12)C(=O)O. The van der Waals surface area contributed by atoms with Crippen molar-refractivity contribution < 1.29 is 9.90 Å². The van der Waals surface area contributed by atoms with Gasteiger partial charge in [-0.05, 0) is 43.0 Å². The van der Waals surface area contributed by atoms with Gasteiger partial charge < -0.3 is 10.1 Å². The van der Waals surface area contributed by atoms with Crippen molar-refractivity contribution in [2.24, 2.45) is 0 Å². The summed E-state index contributed by atoms with van der Waals surface area (Å²) >= 11 is 0. The van der Waals surface area contributed by atoms with E-state index in [1.807, 2.05) is 49.5 Å². The standard InChI is InChI=1S/C19H20N2O2/c1-14-7-2-5-11-18(14)21(19(22)23)12-6-8-15-13-20-17-10-4-3-9-16(15)17/h2-5,7,9-11,13,20H,6,8,12H2,1H3,(H,22,23). The first-order valence-corrected chi connectivity index (χ1v) is 7.78. The summed E-state index contributed by atoms with van der Waals surface area (Å²) in [6.45, 7) is 2.42. The molecular weight excluding hydrogens is 288 g/mol. The lowest BCUT2D eigenvalue weighted by Gasteiger charge is -2.21. The van der Waals surface area contributed by atoms with Crippen molar-refractivity contribution in [2.45, 2.75) is 19.8 Å². The van der Waals surface area contributed by atoms with E-state index in [2.05, 4.69) is 17.1 Å². The number of hydrogen-bond donors (Lipinski definition) is 2. The normalized spacial score (nSPS) is 10.8. The Morgan fingerprint density at radius 1 is 1.13 bits per heavy atom. The molecule has 2 aromatic carbocycles. The fourth-order valence-electron chi connectivity index (χ4n) is 2.95. The highest BCUT2D eigenvalue weighted by Crippen LogP contribution is 2.22. The van der Waals surface area contributed by atoms with Crippen LogP contribution in [0.1, 0.15) is 17.5 Å². The molecular formula is C19H20N2O2. The molecule has 0 bridgehead atoms. The number of benzene rings is 2. The number of aromatic amines is 1. The predicted octanol–water partition coefficient (Wildman–Crippen LogP) is 4.59. The van der Waals surface area contributed by atoms with Crippen molar-refractivity contribution in [2.75, 3.05) is 11.4 Å². The summed E-state index contributed by atoms with van der Waals surface area (Å²) in [5, 5.41) is 10.7. The number of nitrogens with one attached hydrogen (secondary N) is 1. The van der Waals surface area contributed by atoms with Crippen LogP contribution in [0.15, 0.2) is 54.7 Å². The number of carbonyl (C=O) groups is 1. The zero-order chi connectivity index (χ0) is 16.2. The van der Waals surface area contributed by atoms with E-state index in [1.54, 1.807) is 0 Å². The number of carboxylic acid groups (broad SMARTS) is 1. The molecule has 2 N–H and O–H groups in total. The number of nitrogens with zero attached hydrogens (tertiary/aromatic N) is 1. The van der Waals surface area contributed by atoms with Crippen LogP contribution in [0.2, 0.25) is 0 Å². The minimum atomic E-state index is -0.904. The zero-order valence-corrected chi connectivity index (χ0v) is 13.1. The molecule has 0 aliphatic heterocycles. The number of rotatable bonds is 5. The molecule has 0 aliphatic rings. The highest BCUT2D eigenvalue weighted by atomic mass is 16.4. The molecule has 4 heteroatoms. The topological polar surface area (TPSA) is 56.3 Å². The van der Waals surface area contributed by atoms with Crippen molar-refractivity contribution in [1.82, 2.24) is 4.98 Å². The Bertz CT molecular complexity index is 823. The van der Waals surface area contributed by atoms with E-state index in [0.717, 1.165) is 29.6 Å². The van der Waals surface area contributed by atoms with Crippen LogP contribution in [0.5, 0.6) is 0 Å². The third kappa shape index (κ3) is 3.21. The fourth-order valence-corrected chi connectivity index (χ4v) is 2.95. The minimum Gasteiger partial charge on any atom is -0.465 e. The predicted molar refractivity (Wildman–Crippen MR) is 93.2 cm³/mol. The summed E-state index contributed by atoms with van der Waals surface area (Å²) in [6, 6.07) is 15.8. The molecule has 1 amide bonds. The number of amides is 1. The molecule has 0 atom stereocenters. The molecule has 0 unspecified atom stereocenters. The smallest absolute Gasteiger partial charge is 0.411 e. The number of aromatic nitrogens is 1. The van der Waals surface area contributed by atoms with Crippen molar-refractivity contribution in [3.8, 4) is 0 Å². The highest BCUT2D eigenvalue weighted by molar-refractivity contribution is 5.87. The van der Waals surface area contributed by atoms with Gasteiger partial charge in [-0.25, -0.2) is 4.79 Å². The average Bonchev–Trinajstić information content (AvgIpc) is 2.96. The molecule has 0 saturated heterocycles. The maximum absolute atomic E-state index is 11.6. The number of H-pyrrole nitrogens is 1. The minimum absolute atomic E-state index is 0.486. The lowest BCUT2D eigenvalue weighted by molar-refractivity contribution is 0.201. The van der Waals surface area contributed by atoms with Crippen molar-refractivity contribution in [3.05, 3.63) is 65.9 Å². The Labute approximate surface area is 135 Å². The summed E-state index contributed by atoms with van der Waals surface area (Å²) < 4.78 is 0. The third-order valence-corrected chi connectivity index (χ3v) is 4.14. The van der Waals surface area contributed by atoms with Crippen LogP contribution in [-0.4, -0.2) is 22.7 Å². The van der Waals surface area contributed by atoms with Crippen molar-refractivity contribution >= 4 is 22.7 Å². The molecule has 23 heavy (non-hydrogen) atoms. The lowest BCUT2D eigenvalue weighted by Crippen LogP contribution is -2.31. The van der Waals surface area contributed by atoms with Gasteiger partial charge in [0.15, 0.2) is 0 Å². The van der Waals surface area contributed by atoms with E-state index in [0.29, 0.717) is 6.54 Å². The van der Waals surface area contributed by atoms with Crippen LogP contribution in [0.25, 0.3) is 10.9 Å². The van der Waals surface area contributed by atoms with E-state index in [-0.39, 0.29) is 0 Å². The largest absolute Gasteiger partial charge is 0.465 e. The van der Waals surface area contributed by atoms with Gasteiger partial charge in [0.2, 0.25) is 0 Å². The summed E-state index contributed by atoms with van der Waals surface area (Å²) in [5.74, 6) is 0. The van der Waals surface area contributed by atoms with Gasteiger partial charge in [-0.1, -0.05) is 36.4 Å².